The second kappa shape index (κ2) is 5.01. The second-order valence-corrected chi connectivity index (χ2v) is 4.11. The standard InChI is InChI=1S/C12H9ClN2O3/c1-8-2-3-12(11(4-8)15(16)17)18-10-5-9(13)6-14-7-10/h2-7H,1H3. The molecule has 1 aromatic carbocycles. The maximum Gasteiger partial charge on any atom is 0.311 e. The molecule has 18 heavy (non-hydrogen) atoms. The Bertz CT molecular complexity index is 602. The number of hydrogen-bond acceptors (Lipinski definition) is 4. The van der Waals surface area contributed by atoms with Crippen LogP contribution in [0.25, 0.3) is 0 Å². The van der Waals surface area contributed by atoms with Gasteiger partial charge in [-0.05, 0) is 18.6 Å². The zero-order chi connectivity index (χ0) is 13.1. The van der Waals surface area contributed by atoms with Crippen LogP contribution in [-0.2, 0) is 0 Å². The summed E-state index contributed by atoms with van der Waals surface area (Å²) in [4.78, 5) is 14.3. The number of nitrogens with zero attached hydrogens (tertiary/aromatic N) is 2. The third kappa shape index (κ3) is 2.75. The summed E-state index contributed by atoms with van der Waals surface area (Å²) in [5, 5.41) is 11.3. The van der Waals surface area contributed by atoms with Crippen LogP contribution in [0.2, 0.25) is 5.02 Å². The minimum absolute atomic E-state index is 0.0880. The summed E-state index contributed by atoms with van der Waals surface area (Å²) in [6.45, 7) is 1.78. The van der Waals surface area contributed by atoms with E-state index in [1.165, 1.54) is 24.5 Å². The van der Waals surface area contributed by atoms with Gasteiger partial charge >= 0.3 is 5.69 Å². The van der Waals surface area contributed by atoms with Crippen LogP contribution < -0.4 is 4.74 Å². The Labute approximate surface area is 108 Å². The van der Waals surface area contributed by atoms with Crippen molar-refractivity contribution in [3.63, 3.8) is 0 Å². The van der Waals surface area contributed by atoms with Crippen LogP contribution in [0.5, 0.6) is 11.5 Å². The average molecular weight is 265 g/mol. The molecular formula is C12H9ClN2O3. The summed E-state index contributed by atoms with van der Waals surface area (Å²) in [6, 6.07) is 6.28. The molecule has 0 aliphatic carbocycles. The molecule has 0 spiro atoms. The van der Waals surface area contributed by atoms with E-state index in [-0.39, 0.29) is 11.4 Å². The van der Waals surface area contributed by atoms with E-state index in [1.807, 2.05) is 0 Å². The van der Waals surface area contributed by atoms with Crippen molar-refractivity contribution in [2.24, 2.45) is 0 Å². The molecule has 0 saturated carbocycles. The number of nitro groups is 1. The Balaban J connectivity index is 2.37. The highest BCUT2D eigenvalue weighted by Crippen LogP contribution is 2.32. The molecule has 5 nitrogen and oxygen atoms in total. The fourth-order valence-electron chi connectivity index (χ4n) is 1.43. The number of aromatic nitrogens is 1. The van der Waals surface area contributed by atoms with Crippen molar-refractivity contribution < 1.29 is 9.66 Å². The van der Waals surface area contributed by atoms with Crippen molar-refractivity contribution in [3.05, 3.63) is 57.4 Å². The van der Waals surface area contributed by atoms with E-state index in [9.17, 15) is 10.1 Å². The van der Waals surface area contributed by atoms with Gasteiger partial charge in [-0.3, -0.25) is 15.1 Å². The van der Waals surface area contributed by atoms with E-state index in [0.29, 0.717) is 10.8 Å². The minimum Gasteiger partial charge on any atom is -0.448 e. The Hall–Kier alpha value is -2.14. The molecule has 6 heteroatoms. The summed E-state index contributed by atoms with van der Waals surface area (Å²) in [5.41, 5.74) is 0.702. The first-order chi connectivity index (χ1) is 8.56. The monoisotopic (exact) mass is 264 g/mol. The molecule has 0 aliphatic heterocycles. The van der Waals surface area contributed by atoms with Gasteiger partial charge in [0.2, 0.25) is 5.75 Å². The fourth-order valence-corrected chi connectivity index (χ4v) is 1.60. The second-order valence-electron chi connectivity index (χ2n) is 3.67. The van der Waals surface area contributed by atoms with Gasteiger partial charge in [0.1, 0.15) is 5.75 Å². The number of rotatable bonds is 3. The molecule has 92 valence electrons. The largest absolute Gasteiger partial charge is 0.448 e. The molecule has 0 atom stereocenters. The topological polar surface area (TPSA) is 65.3 Å². The Morgan fingerprint density at radius 1 is 1.33 bits per heavy atom. The first-order valence-corrected chi connectivity index (χ1v) is 5.47. The lowest BCUT2D eigenvalue weighted by molar-refractivity contribution is -0.385. The van der Waals surface area contributed by atoms with Gasteiger partial charge in [-0.15, -0.1) is 0 Å². The summed E-state index contributed by atoms with van der Waals surface area (Å²) < 4.78 is 5.42. The zero-order valence-corrected chi connectivity index (χ0v) is 10.2. The van der Waals surface area contributed by atoms with Crippen LogP contribution in [0.4, 0.5) is 5.69 Å². The third-order valence-corrected chi connectivity index (χ3v) is 2.43. The van der Waals surface area contributed by atoms with E-state index in [4.69, 9.17) is 16.3 Å². The molecule has 0 radical (unpaired) electrons. The van der Waals surface area contributed by atoms with Gasteiger partial charge in [0.05, 0.1) is 16.1 Å². The maximum atomic E-state index is 10.9. The highest BCUT2D eigenvalue weighted by Gasteiger charge is 2.15. The van der Waals surface area contributed by atoms with E-state index in [0.717, 1.165) is 5.56 Å². The van der Waals surface area contributed by atoms with Crippen molar-refractivity contribution in [1.29, 1.82) is 0 Å². The molecule has 2 rings (SSSR count). The number of pyridine rings is 1. The third-order valence-electron chi connectivity index (χ3n) is 2.22. The number of ether oxygens (including phenoxy) is 1. The fraction of sp³-hybridized carbons (Fsp3) is 0.0833. The van der Waals surface area contributed by atoms with Crippen molar-refractivity contribution in [2.75, 3.05) is 0 Å². The van der Waals surface area contributed by atoms with Gasteiger partial charge < -0.3 is 4.74 Å². The van der Waals surface area contributed by atoms with Crippen molar-refractivity contribution >= 4 is 17.3 Å². The lowest BCUT2D eigenvalue weighted by Crippen LogP contribution is -1.94. The van der Waals surface area contributed by atoms with Crippen LogP contribution >= 0.6 is 11.6 Å². The van der Waals surface area contributed by atoms with Gasteiger partial charge in [-0.2, -0.15) is 0 Å². The quantitative estimate of drug-likeness (QED) is 0.626. The van der Waals surface area contributed by atoms with Gasteiger partial charge in [0, 0.05) is 18.3 Å². The summed E-state index contributed by atoms with van der Waals surface area (Å²) in [7, 11) is 0. The smallest absolute Gasteiger partial charge is 0.311 e. The van der Waals surface area contributed by atoms with Crippen LogP contribution in [0.3, 0.4) is 0 Å². The van der Waals surface area contributed by atoms with E-state index >= 15 is 0 Å². The minimum atomic E-state index is -0.486. The summed E-state index contributed by atoms with van der Waals surface area (Å²) in [5.74, 6) is 0.518. The maximum absolute atomic E-state index is 10.9. The lowest BCUT2D eigenvalue weighted by atomic mass is 10.2. The van der Waals surface area contributed by atoms with E-state index < -0.39 is 4.92 Å². The van der Waals surface area contributed by atoms with Gasteiger partial charge in [0.25, 0.3) is 0 Å². The predicted octanol–water partition coefficient (Wildman–Crippen LogP) is 3.74. The van der Waals surface area contributed by atoms with Crippen LogP contribution in [0, 0.1) is 17.0 Å². The highest BCUT2D eigenvalue weighted by atomic mass is 35.5. The average Bonchev–Trinajstić information content (AvgIpc) is 2.31. The van der Waals surface area contributed by atoms with Crippen LogP contribution in [0.15, 0.2) is 36.7 Å². The Kier molecular flexibility index (Phi) is 3.43. The molecule has 0 amide bonds. The van der Waals surface area contributed by atoms with E-state index in [1.54, 1.807) is 19.1 Å². The molecule has 0 aliphatic rings. The predicted molar refractivity (Wildman–Crippen MR) is 67.2 cm³/mol. The molecule has 1 heterocycles. The van der Waals surface area contributed by atoms with Gasteiger partial charge in [-0.25, -0.2) is 0 Å². The molecule has 0 fully saturated rings. The number of aryl methyl sites for hydroxylation is 1. The normalized spacial score (nSPS) is 10.1. The number of hydrogen-bond donors (Lipinski definition) is 0. The van der Waals surface area contributed by atoms with Gasteiger partial charge in [0.15, 0.2) is 0 Å². The first kappa shape index (κ1) is 12.3. The Morgan fingerprint density at radius 2 is 2.11 bits per heavy atom. The Morgan fingerprint density at radius 3 is 2.78 bits per heavy atom. The summed E-state index contributed by atoms with van der Waals surface area (Å²) >= 11 is 5.76. The van der Waals surface area contributed by atoms with Gasteiger partial charge in [-0.1, -0.05) is 17.7 Å². The van der Waals surface area contributed by atoms with Crippen molar-refractivity contribution in [1.82, 2.24) is 4.98 Å². The van der Waals surface area contributed by atoms with Crippen LogP contribution in [-0.4, -0.2) is 9.91 Å². The van der Waals surface area contributed by atoms with Crippen molar-refractivity contribution in [3.8, 4) is 11.5 Å². The molecule has 0 saturated heterocycles. The molecule has 0 unspecified atom stereocenters. The zero-order valence-electron chi connectivity index (χ0n) is 9.46. The van der Waals surface area contributed by atoms with E-state index in [2.05, 4.69) is 4.98 Å². The number of halogens is 1. The van der Waals surface area contributed by atoms with Crippen molar-refractivity contribution in [2.45, 2.75) is 6.92 Å². The molecule has 2 aromatic rings. The SMILES string of the molecule is Cc1ccc(Oc2cncc(Cl)c2)c([N+](=O)[O-])c1. The highest BCUT2D eigenvalue weighted by molar-refractivity contribution is 6.30. The number of nitro benzene ring substituents is 1. The first-order valence-electron chi connectivity index (χ1n) is 5.10. The molecule has 1 aromatic heterocycles. The molecule has 0 bridgehead atoms. The van der Waals surface area contributed by atoms with Crippen LogP contribution in [0.1, 0.15) is 5.56 Å². The molecule has 0 N–H and O–H groups in total. The lowest BCUT2D eigenvalue weighted by Gasteiger charge is -2.06. The number of benzene rings is 1. The molecular weight excluding hydrogens is 256 g/mol. The summed E-state index contributed by atoms with van der Waals surface area (Å²) in [6.07, 6.45) is 2.90.